The minimum atomic E-state index is 0.878. The van der Waals surface area contributed by atoms with E-state index in [9.17, 15) is 0 Å². The number of para-hydroxylation sites is 1. The molecule has 3 heterocycles. The van der Waals surface area contributed by atoms with Gasteiger partial charge in [0.05, 0.1) is 10.2 Å². The third kappa shape index (κ3) is 2.79. The molecule has 25 heavy (non-hydrogen) atoms. The van der Waals surface area contributed by atoms with Crippen LogP contribution in [0.2, 0.25) is 0 Å². The second kappa shape index (κ2) is 6.17. The molecule has 0 bridgehead atoms. The quantitative estimate of drug-likeness (QED) is 0.766. The molecule has 0 radical (unpaired) electrons. The van der Waals surface area contributed by atoms with Crippen molar-refractivity contribution in [2.45, 2.75) is 6.42 Å². The van der Waals surface area contributed by atoms with Gasteiger partial charge in [0.25, 0.3) is 0 Å². The molecule has 1 aromatic heterocycles. The topological polar surface area (TPSA) is 37.4 Å². The lowest BCUT2D eigenvalue weighted by molar-refractivity contribution is 0.498. The molecular formula is C20H19N3OS. The number of fused-ring (bicyclic) bond motifs is 2. The highest BCUT2D eigenvalue weighted by molar-refractivity contribution is 7.19. The van der Waals surface area contributed by atoms with Crippen LogP contribution in [-0.4, -0.2) is 31.2 Å². The number of aromatic nitrogens is 1. The van der Waals surface area contributed by atoms with Gasteiger partial charge in [0.2, 0.25) is 0 Å². The van der Waals surface area contributed by atoms with Gasteiger partial charge in [0, 0.05) is 37.4 Å². The summed E-state index contributed by atoms with van der Waals surface area (Å²) in [4.78, 5) is 7.14. The SMILES string of the molecule is C1=C(c2nc3ccccc3s2)Oc2ccc(N3CCNCC3)cc2C1. The first-order valence-corrected chi connectivity index (χ1v) is 9.51. The lowest BCUT2D eigenvalue weighted by Gasteiger charge is -2.30. The van der Waals surface area contributed by atoms with E-state index in [-0.39, 0.29) is 0 Å². The summed E-state index contributed by atoms with van der Waals surface area (Å²) in [6.07, 6.45) is 3.04. The fourth-order valence-electron chi connectivity index (χ4n) is 3.42. The first-order chi connectivity index (χ1) is 12.4. The van der Waals surface area contributed by atoms with Crippen molar-refractivity contribution in [3.63, 3.8) is 0 Å². The third-order valence-corrected chi connectivity index (χ3v) is 5.81. The summed E-state index contributed by atoms with van der Waals surface area (Å²) in [6.45, 7) is 4.23. The molecule has 0 amide bonds. The number of nitrogens with zero attached hydrogens (tertiary/aromatic N) is 2. The van der Waals surface area contributed by atoms with Gasteiger partial charge in [-0.3, -0.25) is 0 Å². The minimum Gasteiger partial charge on any atom is -0.454 e. The van der Waals surface area contributed by atoms with Gasteiger partial charge in [0.1, 0.15) is 5.75 Å². The van der Waals surface area contributed by atoms with Crippen LogP contribution in [0.4, 0.5) is 5.69 Å². The molecule has 4 nitrogen and oxygen atoms in total. The standard InChI is InChI=1S/C20H19N3OS/c1-2-4-19-16(3-1)22-20(25-19)18-7-5-14-13-15(6-8-17(14)24-18)23-11-9-21-10-12-23/h1-4,6-8,13,21H,5,9-12H2. The number of benzene rings is 2. The monoisotopic (exact) mass is 349 g/mol. The minimum absolute atomic E-state index is 0.878. The Bertz CT molecular complexity index is 923. The molecule has 2 aliphatic rings. The molecule has 0 atom stereocenters. The third-order valence-electron chi connectivity index (χ3n) is 4.76. The highest BCUT2D eigenvalue weighted by atomic mass is 32.1. The smallest absolute Gasteiger partial charge is 0.159 e. The summed E-state index contributed by atoms with van der Waals surface area (Å²) in [5.74, 6) is 1.83. The number of nitrogens with one attached hydrogen (secondary N) is 1. The van der Waals surface area contributed by atoms with Gasteiger partial charge >= 0.3 is 0 Å². The predicted molar refractivity (Wildman–Crippen MR) is 103 cm³/mol. The highest BCUT2D eigenvalue weighted by Gasteiger charge is 2.19. The fourth-order valence-corrected chi connectivity index (χ4v) is 4.36. The van der Waals surface area contributed by atoms with Crippen LogP contribution < -0.4 is 15.0 Å². The molecule has 2 aromatic carbocycles. The number of anilines is 1. The molecule has 5 rings (SSSR count). The van der Waals surface area contributed by atoms with Gasteiger partial charge in [-0.15, -0.1) is 11.3 Å². The summed E-state index contributed by atoms with van der Waals surface area (Å²) in [6, 6.07) is 14.8. The maximum atomic E-state index is 6.17. The van der Waals surface area contributed by atoms with Crippen molar-refractivity contribution in [3.05, 3.63) is 59.1 Å². The second-order valence-electron chi connectivity index (χ2n) is 6.39. The Morgan fingerprint density at radius 1 is 1.08 bits per heavy atom. The van der Waals surface area contributed by atoms with Gasteiger partial charge in [-0.2, -0.15) is 0 Å². The molecule has 0 spiro atoms. The van der Waals surface area contributed by atoms with Crippen LogP contribution >= 0.6 is 11.3 Å². The Morgan fingerprint density at radius 2 is 1.96 bits per heavy atom. The molecular weight excluding hydrogens is 330 g/mol. The second-order valence-corrected chi connectivity index (χ2v) is 7.42. The Morgan fingerprint density at radius 3 is 2.84 bits per heavy atom. The number of piperazine rings is 1. The summed E-state index contributed by atoms with van der Waals surface area (Å²) in [5.41, 5.74) is 3.58. The largest absolute Gasteiger partial charge is 0.454 e. The van der Waals surface area contributed by atoms with Gasteiger partial charge in [0.15, 0.2) is 10.8 Å². The van der Waals surface area contributed by atoms with Crippen molar-refractivity contribution < 1.29 is 4.74 Å². The van der Waals surface area contributed by atoms with Crippen molar-refractivity contribution in [2.75, 3.05) is 31.1 Å². The molecule has 3 aromatic rings. The molecule has 2 aliphatic heterocycles. The molecule has 126 valence electrons. The van der Waals surface area contributed by atoms with E-state index >= 15 is 0 Å². The van der Waals surface area contributed by atoms with Crippen LogP contribution in [0, 0.1) is 0 Å². The number of rotatable bonds is 2. The van der Waals surface area contributed by atoms with Crippen molar-refractivity contribution >= 4 is 33.0 Å². The van der Waals surface area contributed by atoms with Crippen LogP contribution in [0.1, 0.15) is 10.6 Å². The normalized spacial score (nSPS) is 17.1. The summed E-state index contributed by atoms with van der Waals surface area (Å²) >= 11 is 1.68. The van der Waals surface area contributed by atoms with Crippen LogP contribution in [0.5, 0.6) is 5.75 Å². The first-order valence-electron chi connectivity index (χ1n) is 8.69. The maximum absolute atomic E-state index is 6.17. The van der Waals surface area contributed by atoms with E-state index in [0.717, 1.165) is 54.6 Å². The number of allylic oxidation sites excluding steroid dienone is 1. The van der Waals surface area contributed by atoms with E-state index in [1.807, 2.05) is 18.2 Å². The van der Waals surface area contributed by atoms with E-state index in [4.69, 9.17) is 9.72 Å². The van der Waals surface area contributed by atoms with Gasteiger partial charge in [-0.1, -0.05) is 12.1 Å². The Labute approximate surface area is 150 Å². The Hall–Kier alpha value is -2.37. The maximum Gasteiger partial charge on any atom is 0.159 e. The predicted octanol–water partition coefficient (Wildman–Crippen LogP) is 3.68. The summed E-state index contributed by atoms with van der Waals surface area (Å²) < 4.78 is 7.36. The van der Waals surface area contributed by atoms with E-state index < -0.39 is 0 Å². The van der Waals surface area contributed by atoms with E-state index in [1.165, 1.54) is 16.0 Å². The Balaban J connectivity index is 1.42. The zero-order chi connectivity index (χ0) is 16.6. The Kier molecular flexibility index (Phi) is 3.68. The zero-order valence-electron chi connectivity index (χ0n) is 13.9. The lowest BCUT2D eigenvalue weighted by atomic mass is 10.1. The molecule has 0 saturated carbocycles. The van der Waals surface area contributed by atoms with Gasteiger partial charge in [-0.25, -0.2) is 4.98 Å². The van der Waals surface area contributed by atoms with Crippen molar-refractivity contribution in [3.8, 4) is 5.75 Å². The van der Waals surface area contributed by atoms with Gasteiger partial charge in [-0.05, 0) is 42.8 Å². The number of thiazole rings is 1. The highest BCUT2D eigenvalue weighted by Crippen LogP contribution is 2.35. The van der Waals surface area contributed by atoms with E-state index in [2.05, 4.69) is 40.6 Å². The molecule has 1 N–H and O–H groups in total. The summed E-state index contributed by atoms with van der Waals surface area (Å²) in [7, 11) is 0. The average Bonchev–Trinajstić information content (AvgIpc) is 3.12. The molecule has 1 saturated heterocycles. The van der Waals surface area contributed by atoms with Crippen molar-refractivity contribution in [2.24, 2.45) is 0 Å². The van der Waals surface area contributed by atoms with Crippen LogP contribution in [0.15, 0.2) is 48.5 Å². The van der Waals surface area contributed by atoms with E-state index in [0.29, 0.717) is 0 Å². The first kappa shape index (κ1) is 14.9. The number of hydrogen-bond donors (Lipinski definition) is 1. The number of ether oxygens (including phenoxy) is 1. The fraction of sp³-hybridized carbons (Fsp3) is 0.250. The molecule has 1 fully saturated rings. The summed E-state index contributed by atoms with van der Waals surface area (Å²) in [5, 5.41) is 4.36. The van der Waals surface area contributed by atoms with Crippen LogP contribution in [0.25, 0.3) is 16.0 Å². The van der Waals surface area contributed by atoms with Crippen LogP contribution in [-0.2, 0) is 6.42 Å². The zero-order valence-corrected chi connectivity index (χ0v) is 14.7. The average molecular weight is 349 g/mol. The number of hydrogen-bond acceptors (Lipinski definition) is 5. The van der Waals surface area contributed by atoms with Crippen LogP contribution in [0.3, 0.4) is 0 Å². The molecule has 0 aliphatic carbocycles. The van der Waals surface area contributed by atoms with Crippen molar-refractivity contribution in [1.29, 1.82) is 0 Å². The molecule has 0 unspecified atom stereocenters. The lowest BCUT2D eigenvalue weighted by Crippen LogP contribution is -2.43. The van der Waals surface area contributed by atoms with E-state index in [1.54, 1.807) is 11.3 Å². The van der Waals surface area contributed by atoms with Gasteiger partial charge < -0.3 is 15.0 Å². The molecule has 5 heteroatoms. The van der Waals surface area contributed by atoms with Crippen molar-refractivity contribution in [1.82, 2.24) is 10.3 Å².